The van der Waals surface area contributed by atoms with E-state index >= 15 is 0 Å². The van der Waals surface area contributed by atoms with Crippen LogP contribution in [0.25, 0.3) is 0 Å². The summed E-state index contributed by atoms with van der Waals surface area (Å²) in [5.41, 5.74) is 0.619. The van der Waals surface area contributed by atoms with Crippen LogP contribution in [-0.4, -0.2) is 59.2 Å². The summed E-state index contributed by atoms with van der Waals surface area (Å²) in [6.07, 6.45) is 11.4. The van der Waals surface area contributed by atoms with Crippen molar-refractivity contribution in [2.75, 3.05) is 22.6 Å². The van der Waals surface area contributed by atoms with Crippen molar-refractivity contribution in [2.45, 2.75) is 85.2 Å². The largest absolute Gasteiger partial charge is 0.394 e. The van der Waals surface area contributed by atoms with Gasteiger partial charge in [-0.1, -0.05) is 11.6 Å². The lowest BCUT2D eigenvalue weighted by Gasteiger charge is -2.55. The zero-order valence-corrected chi connectivity index (χ0v) is 19.9. The zero-order valence-electron chi connectivity index (χ0n) is 18.3. The minimum Gasteiger partial charge on any atom is -0.394 e. The third kappa shape index (κ3) is 3.08. The molecule has 2 unspecified atom stereocenters. The average Bonchev–Trinajstić information content (AvgIpc) is 3.50. The first kappa shape index (κ1) is 20.5. The van der Waals surface area contributed by atoms with Crippen LogP contribution in [-0.2, 0) is 16.2 Å². The highest BCUT2D eigenvalue weighted by atomic mass is 35.5. The van der Waals surface area contributed by atoms with Gasteiger partial charge >= 0.3 is 0 Å². The predicted octanol–water partition coefficient (Wildman–Crippen LogP) is 2.92. The van der Waals surface area contributed by atoms with Crippen molar-refractivity contribution >= 4 is 34.2 Å². The van der Waals surface area contributed by atoms with Crippen LogP contribution in [0.4, 0.5) is 11.8 Å². The molecule has 2 N–H and O–H groups in total. The quantitative estimate of drug-likeness (QED) is 0.664. The Kier molecular flexibility index (Phi) is 4.41. The van der Waals surface area contributed by atoms with Gasteiger partial charge in [0.05, 0.1) is 33.7 Å². The van der Waals surface area contributed by atoms with Gasteiger partial charge in [-0.05, 0) is 51.4 Å². The lowest BCUT2D eigenvalue weighted by molar-refractivity contribution is 0.143. The molecule has 10 heteroatoms. The van der Waals surface area contributed by atoms with Gasteiger partial charge in [0, 0.05) is 41.6 Å². The van der Waals surface area contributed by atoms with Crippen molar-refractivity contribution in [3.8, 4) is 0 Å². The third-order valence-electron chi connectivity index (χ3n) is 8.52. The van der Waals surface area contributed by atoms with Crippen LogP contribution < -0.4 is 10.2 Å². The molecule has 2 saturated heterocycles. The number of nitrogens with zero attached hydrogens (tertiary/aromatic N) is 5. The van der Waals surface area contributed by atoms with E-state index < -0.39 is 10.8 Å². The summed E-state index contributed by atoms with van der Waals surface area (Å²) in [5, 5.41) is 14.1. The van der Waals surface area contributed by atoms with Crippen LogP contribution in [0.15, 0.2) is 17.3 Å². The fourth-order valence-electron chi connectivity index (χ4n) is 6.26. The van der Waals surface area contributed by atoms with Gasteiger partial charge in [-0.15, -0.1) is 0 Å². The van der Waals surface area contributed by atoms with Crippen molar-refractivity contribution in [3.05, 3.63) is 28.9 Å². The Balaban J connectivity index is 1.22. The standard InChI is InChI=1S/C23H27ClN6O2S/c24-14-9-25-19(26-10-14)13-6-15-8-16(7-13)30(15)21-27-18-17(33(32)12-22(18)4-5-22)20(28-21)29-23(11-31)2-1-3-23/h9-10,13,15-16,31H,1-8,11-12H2,(H,27,28,29)/t13?,15?,16?,33-/m1/s1. The molecule has 33 heavy (non-hydrogen) atoms. The smallest absolute Gasteiger partial charge is 0.228 e. The third-order valence-corrected chi connectivity index (χ3v) is 10.4. The van der Waals surface area contributed by atoms with E-state index in [0.717, 1.165) is 73.7 Å². The number of halogens is 1. The SMILES string of the molecule is O=[S@@]1CC2(CC2)c2nc(N3C4CC(c5ncc(Cl)cn5)CC3C4)nc(NC3(CO)CCC3)c21. The van der Waals surface area contributed by atoms with Crippen LogP contribution in [0.3, 0.4) is 0 Å². The summed E-state index contributed by atoms with van der Waals surface area (Å²) in [5.74, 6) is 3.29. The van der Waals surface area contributed by atoms with E-state index in [0.29, 0.717) is 34.6 Å². The molecule has 3 atom stereocenters. The van der Waals surface area contributed by atoms with Gasteiger partial charge in [0.2, 0.25) is 5.95 Å². The van der Waals surface area contributed by atoms with E-state index in [1.807, 2.05) is 0 Å². The Bertz CT molecular complexity index is 1130. The van der Waals surface area contributed by atoms with Gasteiger partial charge in [0.25, 0.3) is 0 Å². The van der Waals surface area contributed by atoms with E-state index in [9.17, 15) is 9.32 Å². The Labute approximate surface area is 200 Å². The van der Waals surface area contributed by atoms with Gasteiger partial charge in [-0.3, -0.25) is 4.21 Å². The molecule has 0 aromatic carbocycles. The summed E-state index contributed by atoms with van der Waals surface area (Å²) in [4.78, 5) is 22.1. The van der Waals surface area contributed by atoms with E-state index in [2.05, 4.69) is 20.2 Å². The second kappa shape index (κ2) is 7.09. The number of anilines is 2. The topological polar surface area (TPSA) is 104 Å². The number of aliphatic hydroxyl groups excluding tert-OH is 1. The van der Waals surface area contributed by atoms with Crippen molar-refractivity contribution in [1.82, 2.24) is 19.9 Å². The van der Waals surface area contributed by atoms with Crippen LogP contribution in [0.5, 0.6) is 0 Å². The molecule has 2 aromatic rings. The molecular formula is C23H27ClN6O2S. The van der Waals surface area contributed by atoms with E-state index in [1.54, 1.807) is 12.4 Å². The van der Waals surface area contributed by atoms with Gasteiger partial charge < -0.3 is 15.3 Å². The van der Waals surface area contributed by atoms with Crippen molar-refractivity contribution in [1.29, 1.82) is 0 Å². The highest BCUT2D eigenvalue weighted by molar-refractivity contribution is 7.85. The predicted molar refractivity (Wildman–Crippen MR) is 125 cm³/mol. The first-order valence-electron chi connectivity index (χ1n) is 11.9. The second-order valence-corrected chi connectivity index (χ2v) is 12.4. The molecule has 3 aliphatic heterocycles. The average molecular weight is 487 g/mol. The number of aromatic nitrogens is 4. The van der Waals surface area contributed by atoms with Crippen molar-refractivity contribution < 1.29 is 9.32 Å². The molecule has 3 aliphatic carbocycles. The molecule has 174 valence electrons. The molecule has 0 radical (unpaired) electrons. The number of aliphatic hydroxyl groups is 1. The Hall–Kier alpha value is -1.84. The number of rotatable bonds is 5. The first-order valence-corrected chi connectivity index (χ1v) is 13.6. The molecule has 5 heterocycles. The van der Waals surface area contributed by atoms with Crippen LogP contribution in [0.1, 0.15) is 68.8 Å². The van der Waals surface area contributed by atoms with Gasteiger partial charge in [0.15, 0.2) is 0 Å². The molecule has 3 saturated carbocycles. The lowest BCUT2D eigenvalue weighted by Crippen LogP contribution is -2.61. The van der Waals surface area contributed by atoms with Crippen LogP contribution in [0, 0.1) is 0 Å². The van der Waals surface area contributed by atoms with Crippen molar-refractivity contribution in [3.63, 3.8) is 0 Å². The molecule has 1 spiro atoms. The maximum atomic E-state index is 13.1. The molecule has 2 aromatic heterocycles. The molecule has 6 aliphatic rings. The van der Waals surface area contributed by atoms with Crippen molar-refractivity contribution in [2.24, 2.45) is 0 Å². The summed E-state index contributed by atoms with van der Waals surface area (Å²) in [7, 11) is -1.09. The van der Waals surface area contributed by atoms with Crippen LogP contribution >= 0.6 is 11.6 Å². The molecule has 8 nitrogen and oxygen atoms in total. The molecule has 2 bridgehead atoms. The molecule has 0 amide bonds. The number of hydrogen-bond acceptors (Lipinski definition) is 8. The first-order chi connectivity index (χ1) is 16.0. The summed E-state index contributed by atoms with van der Waals surface area (Å²) < 4.78 is 13.1. The number of hydrogen-bond donors (Lipinski definition) is 2. The maximum Gasteiger partial charge on any atom is 0.228 e. The summed E-state index contributed by atoms with van der Waals surface area (Å²) >= 11 is 5.97. The fraction of sp³-hybridized carbons (Fsp3) is 0.652. The molecule has 8 rings (SSSR count). The van der Waals surface area contributed by atoms with Gasteiger partial charge in [0.1, 0.15) is 16.5 Å². The van der Waals surface area contributed by atoms with E-state index in [4.69, 9.17) is 21.6 Å². The molecular weight excluding hydrogens is 460 g/mol. The van der Waals surface area contributed by atoms with Crippen LogP contribution in [0.2, 0.25) is 5.02 Å². The minimum atomic E-state index is -1.09. The van der Waals surface area contributed by atoms with Gasteiger partial charge in [-0.2, -0.15) is 4.98 Å². The van der Waals surface area contributed by atoms with E-state index in [1.165, 1.54) is 0 Å². The van der Waals surface area contributed by atoms with E-state index in [-0.39, 0.29) is 17.6 Å². The van der Waals surface area contributed by atoms with Gasteiger partial charge in [-0.25, -0.2) is 15.0 Å². The maximum absolute atomic E-state index is 13.1. The number of fused-ring (bicyclic) bond motifs is 4. The highest BCUT2D eigenvalue weighted by Gasteiger charge is 2.56. The number of nitrogens with one attached hydrogen (secondary N) is 1. The Morgan fingerprint density at radius 2 is 1.85 bits per heavy atom. The molecule has 5 fully saturated rings. The Morgan fingerprint density at radius 1 is 1.12 bits per heavy atom. The Morgan fingerprint density at radius 3 is 2.45 bits per heavy atom. The summed E-state index contributed by atoms with van der Waals surface area (Å²) in [6.45, 7) is 0.0661. The summed E-state index contributed by atoms with van der Waals surface area (Å²) in [6, 6.07) is 0.716. The second-order valence-electron chi connectivity index (χ2n) is 10.6. The fourth-order valence-corrected chi connectivity index (χ4v) is 8.22. The normalized spacial score (nSPS) is 32.1. The lowest BCUT2D eigenvalue weighted by atomic mass is 9.73. The monoisotopic (exact) mass is 486 g/mol. The zero-order chi connectivity index (χ0) is 22.4. The highest BCUT2D eigenvalue weighted by Crippen LogP contribution is 2.57. The minimum absolute atomic E-state index is 0.0278. The number of piperidine rings is 1.